The molecule has 1 atom stereocenters. The van der Waals surface area contributed by atoms with Gasteiger partial charge in [-0.3, -0.25) is 0 Å². The van der Waals surface area contributed by atoms with Gasteiger partial charge in [-0.15, -0.1) is 0 Å². The Morgan fingerprint density at radius 3 is 2.50 bits per heavy atom. The van der Waals surface area contributed by atoms with Gasteiger partial charge in [0.1, 0.15) is 5.75 Å². The van der Waals surface area contributed by atoms with Crippen LogP contribution in [0.15, 0.2) is 12.1 Å². The number of aliphatic hydroxyl groups is 1. The van der Waals surface area contributed by atoms with Gasteiger partial charge in [0.15, 0.2) is 0 Å². The fraction of sp³-hybridized carbons (Fsp3) is 0.500. The van der Waals surface area contributed by atoms with Crippen molar-refractivity contribution in [2.24, 2.45) is 5.73 Å². The van der Waals surface area contributed by atoms with E-state index in [9.17, 15) is 0 Å². The molecule has 0 radical (unpaired) electrons. The Morgan fingerprint density at radius 1 is 1.44 bits per heavy atom. The normalized spacial score (nSPS) is 12.9. The number of benzene rings is 1. The summed E-state index contributed by atoms with van der Waals surface area (Å²) < 4.78 is 5.30. The van der Waals surface area contributed by atoms with Crippen LogP contribution in [-0.2, 0) is 0 Å². The average molecular weight is 244 g/mol. The van der Waals surface area contributed by atoms with Gasteiger partial charge in [-0.1, -0.05) is 25.4 Å². The highest BCUT2D eigenvalue weighted by molar-refractivity contribution is 6.31. The lowest BCUT2D eigenvalue weighted by molar-refractivity contribution is 0.267. The summed E-state index contributed by atoms with van der Waals surface area (Å²) in [5.41, 5.74) is 7.51. The van der Waals surface area contributed by atoms with Gasteiger partial charge >= 0.3 is 0 Å². The van der Waals surface area contributed by atoms with Crippen molar-refractivity contribution < 1.29 is 9.84 Å². The molecular weight excluding hydrogens is 226 g/mol. The third-order valence-corrected chi connectivity index (χ3v) is 2.85. The number of halogens is 1. The third kappa shape index (κ3) is 2.67. The van der Waals surface area contributed by atoms with Crippen LogP contribution in [0.3, 0.4) is 0 Å². The Labute approximate surface area is 101 Å². The zero-order valence-corrected chi connectivity index (χ0v) is 10.6. The maximum Gasteiger partial charge on any atom is 0.124 e. The van der Waals surface area contributed by atoms with E-state index in [0.717, 1.165) is 16.9 Å². The molecule has 1 unspecified atom stereocenters. The number of ether oxygens (including phenoxy) is 1. The minimum atomic E-state index is -0.424. The zero-order chi connectivity index (χ0) is 12.3. The molecule has 0 saturated carbocycles. The Balaban J connectivity index is 3.26. The standard InChI is InChI=1S/C12H18ClNO2/c1-7(2)12-9(13)4-8(10(14)6-15)5-11(12)16-3/h4-5,7,10,15H,6,14H2,1-3H3. The van der Waals surface area contributed by atoms with Crippen molar-refractivity contribution in [3.63, 3.8) is 0 Å². The Morgan fingerprint density at radius 2 is 2.06 bits per heavy atom. The highest BCUT2D eigenvalue weighted by Crippen LogP contribution is 2.35. The zero-order valence-electron chi connectivity index (χ0n) is 9.83. The van der Waals surface area contributed by atoms with Gasteiger partial charge in [-0.2, -0.15) is 0 Å². The summed E-state index contributed by atoms with van der Waals surface area (Å²) in [6, 6.07) is 3.20. The topological polar surface area (TPSA) is 55.5 Å². The SMILES string of the molecule is COc1cc(C(N)CO)cc(Cl)c1C(C)C. The highest BCUT2D eigenvalue weighted by atomic mass is 35.5. The van der Waals surface area contributed by atoms with E-state index in [4.69, 9.17) is 27.2 Å². The van der Waals surface area contributed by atoms with Crippen LogP contribution in [0.2, 0.25) is 5.02 Å². The van der Waals surface area contributed by atoms with Crippen LogP contribution in [0.5, 0.6) is 5.75 Å². The van der Waals surface area contributed by atoms with Crippen molar-refractivity contribution >= 4 is 11.6 Å². The summed E-state index contributed by atoms with van der Waals surface area (Å²) in [6.07, 6.45) is 0. The molecule has 0 fully saturated rings. The van der Waals surface area contributed by atoms with E-state index in [2.05, 4.69) is 13.8 Å². The first kappa shape index (κ1) is 13.3. The minimum absolute atomic E-state index is 0.111. The fourth-order valence-electron chi connectivity index (χ4n) is 1.66. The number of aliphatic hydroxyl groups excluding tert-OH is 1. The molecule has 0 saturated heterocycles. The predicted octanol–water partition coefficient (Wildman–Crippen LogP) is 2.46. The van der Waals surface area contributed by atoms with Gasteiger partial charge in [0.25, 0.3) is 0 Å². The lowest BCUT2D eigenvalue weighted by Crippen LogP contribution is -2.15. The van der Waals surface area contributed by atoms with E-state index in [0.29, 0.717) is 5.02 Å². The molecule has 3 nitrogen and oxygen atoms in total. The van der Waals surface area contributed by atoms with Gasteiger partial charge in [-0.25, -0.2) is 0 Å². The molecule has 0 aliphatic carbocycles. The molecule has 4 heteroatoms. The van der Waals surface area contributed by atoms with Crippen molar-refractivity contribution in [2.45, 2.75) is 25.8 Å². The van der Waals surface area contributed by atoms with Crippen molar-refractivity contribution in [3.8, 4) is 5.75 Å². The first-order chi connectivity index (χ1) is 7.51. The summed E-state index contributed by atoms with van der Waals surface area (Å²) in [4.78, 5) is 0. The molecule has 1 aromatic carbocycles. The highest BCUT2D eigenvalue weighted by Gasteiger charge is 2.16. The molecule has 1 rings (SSSR count). The van der Waals surface area contributed by atoms with Gasteiger partial charge in [-0.05, 0) is 23.6 Å². The van der Waals surface area contributed by atoms with E-state index in [1.165, 1.54) is 0 Å². The second kappa shape index (κ2) is 5.53. The molecule has 3 N–H and O–H groups in total. The molecule has 0 aliphatic rings. The molecule has 0 spiro atoms. The van der Waals surface area contributed by atoms with Crippen LogP contribution in [0, 0.1) is 0 Å². The number of rotatable bonds is 4. The van der Waals surface area contributed by atoms with Gasteiger partial charge < -0.3 is 15.6 Å². The number of nitrogens with two attached hydrogens (primary N) is 1. The van der Waals surface area contributed by atoms with Crippen molar-refractivity contribution in [3.05, 3.63) is 28.3 Å². The summed E-state index contributed by atoms with van der Waals surface area (Å²) in [6.45, 7) is 3.99. The molecule has 0 bridgehead atoms. The minimum Gasteiger partial charge on any atom is -0.496 e. The fourth-order valence-corrected chi connectivity index (χ4v) is 2.10. The third-order valence-electron chi connectivity index (χ3n) is 2.54. The summed E-state index contributed by atoms with van der Waals surface area (Å²) >= 11 is 6.19. The van der Waals surface area contributed by atoms with E-state index >= 15 is 0 Å². The first-order valence-corrected chi connectivity index (χ1v) is 5.62. The molecule has 90 valence electrons. The van der Waals surface area contributed by atoms with Crippen LogP contribution in [0.25, 0.3) is 0 Å². The number of hydrogen-bond acceptors (Lipinski definition) is 3. The monoisotopic (exact) mass is 243 g/mol. The van der Waals surface area contributed by atoms with Gasteiger partial charge in [0, 0.05) is 10.6 Å². The van der Waals surface area contributed by atoms with E-state index in [1.54, 1.807) is 13.2 Å². The average Bonchev–Trinajstić information content (AvgIpc) is 2.26. The molecular formula is C12H18ClNO2. The molecule has 1 aromatic rings. The lowest BCUT2D eigenvalue weighted by Gasteiger charge is -2.17. The first-order valence-electron chi connectivity index (χ1n) is 5.25. The van der Waals surface area contributed by atoms with E-state index < -0.39 is 6.04 Å². The Kier molecular flexibility index (Phi) is 4.59. The van der Waals surface area contributed by atoms with Crippen molar-refractivity contribution in [2.75, 3.05) is 13.7 Å². The quantitative estimate of drug-likeness (QED) is 0.854. The molecule has 0 aliphatic heterocycles. The predicted molar refractivity (Wildman–Crippen MR) is 66.1 cm³/mol. The molecule has 0 heterocycles. The molecule has 0 aromatic heterocycles. The maximum absolute atomic E-state index is 9.01. The smallest absolute Gasteiger partial charge is 0.124 e. The van der Waals surface area contributed by atoms with Crippen LogP contribution in [0.1, 0.15) is 36.9 Å². The maximum atomic E-state index is 9.01. The van der Waals surface area contributed by atoms with Gasteiger partial charge in [0.2, 0.25) is 0 Å². The largest absolute Gasteiger partial charge is 0.496 e. The van der Waals surface area contributed by atoms with Crippen LogP contribution >= 0.6 is 11.6 Å². The van der Waals surface area contributed by atoms with Crippen LogP contribution in [-0.4, -0.2) is 18.8 Å². The second-order valence-corrected chi connectivity index (χ2v) is 4.47. The van der Waals surface area contributed by atoms with Gasteiger partial charge in [0.05, 0.1) is 19.8 Å². The summed E-state index contributed by atoms with van der Waals surface area (Å²) in [5, 5.41) is 9.64. The molecule has 16 heavy (non-hydrogen) atoms. The summed E-state index contributed by atoms with van der Waals surface area (Å²) in [5.74, 6) is 1.00. The van der Waals surface area contributed by atoms with Crippen molar-refractivity contribution in [1.29, 1.82) is 0 Å². The molecule has 0 amide bonds. The van der Waals surface area contributed by atoms with E-state index in [1.807, 2.05) is 6.07 Å². The van der Waals surface area contributed by atoms with Crippen LogP contribution in [0.4, 0.5) is 0 Å². The number of methoxy groups -OCH3 is 1. The lowest BCUT2D eigenvalue weighted by atomic mass is 9.98. The van der Waals surface area contributed by atoms with Crippen LogP contribution < -0.4 is 10.5 Å². The van der Waals surface area contributed by atoms with Crippen molar-refractivity contribution in [1.82, 2.24) is 0 Å². The second-order valence-electron chi connectivity index (χ2n) is 4.06. The van der Waals surface area contributed by atoms with E-state index in [-0.39, 0.29) is 12.5 Å². The Bertz CT molecular complexity index is 366. The summed E-state index contributed by atoms with van der Waals surface area (Å²) in [7, 11) is 1.60. The number of hydrogen-bond donors (Lipinski definition) is 2. The Hall–Kier alpha value is -0.770.